The summed E-state index contributed by atoms with van der Waals surface area (Å²) in [6.45, 7) is 1.65. The molecule has 0 aromatic carbocycles. The summed E-state index contributed by atoms with van der Waals surface area (Å²) in [5, 5.41) is 0. The third kappa shape index (κ3) is 7.56. The molecule has 0 nitrogen and oxygen atoms in total. The summed E-state index contributed by atoms with van der Waals surface area (Å²) < 4.78 is 0. The summed E-state index contributed by atoms with van der Waals surface area (Å²) in [5.74, 6) is 2.25. The molecule has 0 aliphatic heterocycles. The average Bonchev–Trinajstić information content (AvgIpc) is 1.93. The van der Waals surface area contributed by atoms with E-state index in [2.05, 4.69) is 12.3 Å². The summed E-state index contributed by atoms with van der Waals surface area (Å²) in [4.78, 5) is 0. The van der Waals surface area contributed by atoms with Gasteiger partial charge in [-0.3, -0.25) is 0 Å². The lowest BCUT2D eigenvalue weighted by Gasteiger charge is -2.05. The molecule has 0 aromatic heterocycles. The molecule has 1 aliphatic rings. The molecule has 0 heterocycles. The molecule has 0 aromatic rings. The van der Waals surface area contributed by atoms with Crippen molar-refractivity contribution in [1.29, 1.82) is 0 Å². The molecule has 9 heavy (non-hydrogen) atoms. The molecule has 0 saturated heterocycles. The van der Waals surface area contributed by atoms with Crippen molar-refractivity contribution in [3.8, 4) is 12.3 Å². The lowest BCUT2D eigenvalue weighted by atomic mass is 10.0. The maximum atomic E-state index is 4.60. The molecule has 52 valence electrons. The van der Waals surface area contributed by atoms with Crippen molar-refractivity contribution < 1.29 is 0 Å². The summed E-state index contributed by atoms with van der Waals surface area (Å²) in [6, 6.07) is 0. The summed E-state index contributed by atoms with van der Waals surface area (Å²) >= 11 is 0. The van der Waals surface area contributed by atoms with Gasteiger partial charge in [0.05, 0.1) is 0 Å². The second-order valence-corrected chi connectivity index (χ2v) is 2.41. The monoisotopic (exact) mass is 124 g/mol. The fourth-order valence-electron chi connectivity index (χ4n) is 1.06. The molecule has 1 aliphatic carbocycles. The van der Waals surface area contributed by atoms with Crippen molar-refractivity contribution in [2.45, 2.75) is 45.4 Å². The van der Waals surface area contributed by atoms with Crippen LogP contribution in [0.2, 0.25) is 0 Å². The molecule has 0 atom stereocenters. The zero-order valence-electron chi connectivity index (χ0n) is 6.32. The standard InChI is InChI=1S/C6H12.C3H4/c1-2-4-6-5-3-1;1-3-2/h1-6H2;1H,2H3. The topological polar surface area (TPSA) is 0 Å². The highest BCUT2D eigenvalue weighted by molar-refractivity contribution is 4.73. The van der Waals surface area contributed by atoms with Crippen molar-refractivity contribution >= 4 is 0 Å². The Labute approximate surface area is 58.7 Å². The minimum atomic E-state index is 1.50. The van der Waals surface area contributed by atoms with Crippen LogP contribution in [0.15, 0.2) is 0 Å². The van der Waals surface area contributed by atoms with Crippen LogP contribution in [0.4, 0.5) is 0 Å². The van der Waals surface area contributed by atoms with Gasteiger partial charge in [0.2, 0.25) is 0 Å². The van der Waals surface area contributed by atoms with Gasteiger partial charge in [0.25, 0.3) is 0 Å². The maximum absolute atomic E-state index is 4.60. The number of terminal acetylenes is 1. The first kappa shape index (κ1) is 8.56. The van der Waals surface area contributed by atoms with Gasteiger partial charge in [0, 0.05) is 0 Å². The fourth-order valence-corrected chi connectivity index (χ4v) is 1.06. The molecule has 0 bridgehead atoms. The Morgan fingerprint density at radius 2 is 1.00 bits per heavy atom. The molecule has 0 amide bonds. The van der Waals surface area contributed by atoms with Crippen molar-refractivity contribution in [3.63, 3.8) is 0 Å². The first-order valence-corrected chi connectivity index (χ1v) is 3.79. The lowest BCUT2D eigenvalue weighted by Crippen LogP contribution is -1.85. The molecule has 1 rings (SSSR count). The zero-order valence-corrected chi connectivity index (χ0v) is 6.32. The van der Waals surface area contributed by atoms with E-state index in [1.54, 1.807) is 6.92 Å². The summed E-state index contributed by atoms with van der Waals surface area (Å²) in [6.07, 6.45) is 13.6. The van der Waals surface area contributed by atoms with Crippen LogP contribution < -0.4 is 0 Å². The van der Waals surface area contributed by atoms with Crippen LogP contribution in [0.1, 0.15) is 45.4 Å². The SMILES string of the molecule is C#CC.C1CCCCC1. The molecule has 0 heteroatoms. The van der Waals surface area contributed by atoms with E-state index in [1.807, 2.05) is 0 Å². The Morgan fingerprint density at radius 3 is 1.11 bits per heavy atom. The van der Waals surface area contributed by atoms with E-state index in [0.717, 1.165) is 0 Å². The Balaban J connectivity index is 0.000000187. The highest BCUT2D eigenvalue weighted by atomic mass is 14.0. The largest absolute Gasteiger partial charge is 0.120 e. The second kappa shape index (κ2) is 7.56. The third-order valence-electron chi connectivity index (χ3n) is 1.50. The number of rotatable bonds is 0. The second-order valence-electron chi connectivity index (χ2n) is 2.41. The average molecular weight is 124 g/mol. The summed E-state index contributed by atoms with van der Waals surface area (Å²) in [5.41, 5.74) is 0. The minimum absolute atomic E-state index is 1.50. The first-order valence-electron chi connectivity index (χ1n) is 3.79. The van der Waals surface area contributed by atoms with E-state index in [4.69, 9.17) is 0 Å². The molecule has 1 fully saturated rings. The lowest BCUT2D eigenvalue weighted by molar-refractivity contribution is 0.504. The smallest absolute Gasteiger partial charge is 0.00297 e. The molecular formula is C9H16. The van der Waals surface area contributed by atoms with Gasteiger partial charge in [-0.2, -0.15) is 0 Å². The van der Waals surface area contributed by atoms with Gasteiger partial charge in [-0.25, -0.2) is 0 Å². The third-order valence-corrected chi connectivity index (χ3v) is 1.50. The Kier molecular flexibility index (Phi) is 7.19. The van der Waals surface area contributed by atoms with Gasteiger partial charge < -0.3 is 0 Å². The molecule has 0 unspecified atom stereocenters. The fraction of sp³-hybridized carbons (Fsp3) is 0.778. The molecular weight excluding hydrogens is 108 g/mol. The van der Waals surface area contributed by atoms with Crippen LogP contribution in [0.5, 0.6) is 0 Å². The van der Waals surface area contributed by atoms with E-state index in [-0.39, 0.29) is 0 Å². The van der Waals surface area contributed by atoms with Gasteiger partial charge in [-0.15, -0.1) is 12.3 Å². The van der Waals surface area contributed by atoms with Gasteiger partial charge >= 0.3 is 0 Å². The predicted octanol–water partition coefficient (Wildman–Crippen LogP) is 2.98. The van der Waals surface area contributed by atoms with Gasteiger partial charge in [-0.1, -0.05) is 38.5 Å². The quantitative estimate of drug-likeness (QED) is 0.435. The van der Waals surface area contributed by atoms with E-state index in [0.29, 0.717) is 0 Å². The first-order chi connectivity index (χ1) is 4.41. The van der Waals surface area contributed by atoms with Crippen LogP contribution in [0.25, 0.3) is 0 Å². The van der Waals surface area contributed by atoms with Gasteiger partial charge in [-0.05, 0) is 6.92 Å². The molecule has 0 spiro atoms. The van der Waals surface area contributed by atoms with Crippen molar-refractivity contribution in [1.82, 2.24) is 0 Å². The van der Waals surface area contributed by atoms with Gasteiger partial charge in [0.15, 0.2) is 0 Å². The molecule has 1 saturated carbocycles. The predicted molar refractivity (Wildman–Crippen MR) is 42.2 cm³/mol. The zero-order chi connectivity index (χ0) is 6.95. The Bertz CT molecular complexity index is 61.0. The molecule has 0 radical (unpaired) electrons. The Morgan fingerprint density at radius 1 is 0.889 bits per heavy atom. The molecule has 0 N–H and O–H groups in total. The highest BCUT2D eigenvalue weighted by Gasteiger charge is 1.95. The normalized spacial score (nSPS) is 16.9. The van der Waals surface area contributed by atoms with Crippen LogP contribution in [0, 0.1) is 12.3 Å². The summed E-state index contributed by atoms with van der Waals surface area (Å²) in [7, 11) is 0. The van der Waals surface area contributed by atoms with E-state index >= 15 is 0 Å². The van der Waals surface area contributed by atoms with E-state index in [9.17, 15) is 0 Å². The van der Waals surface area contributed by atoms with Crippen molar-refractivity contribution in [3.05, 3.63) is 0 Å². The number of hydrogen-bond acceptors (Lipinski definition) is 0. The minimum Gasteiger partial charge on any atom is -0.120 e. The van der Waals surface area contributed by atoms with Crippen LogP contribution in [-0.2, 0) is 0 Å². The van der Waals surface area contributed by atoms with Gasteiger partial charge in [0.1, 0.15) is 0 Å². The maximum Gasteiger partial charge on any atom is -0.00297 e. The highest BCUT2D eigenvalue weighted by Crippen LogP contribution is 2.15. The van der Waals surface area contributed by atoms with Crippen LogP contribution >= 0.6 is 0 Å². The van der Waals surface area contributed by atoms with Crippen molar-refractivity contribution in [2.75, 3.05) is 0 Å². The number of hydrogen-bond donors (Lipinski definition) is 0. The van der Waals surface area contributed by atoms with Crippen LogP contribution in [-0.4, -0.2) is 0 Å². The van der Waals surface area contributed by atoms with Crippen molar-refractivity contribution in [2.24, 2.45) is 0 Å². The van der Waals surface area contributed by atoms with E-state index < -0.39 is 0 Å². The van der Waals surface area contributed by atoms with E-state index in [1.165, 1.54) is 38.5 Å². The Hall–Kier alpha value is -0.440. The van der Waals surface area contributed by atoms with Crippen LogP contribution in [0.3, 0.4) is 0 Å².